The van der Waals surface area contributed by atoms with Gasteiger partial charge in [0.05, 0.1) is 0 Å². The molecule has 1 heterocycles. The molecule has 0 aromatic heterocycles. The molecule has 2 nitrogen and oxygen atoms in total. The minimum atomic E-state index is 0.389. The number of nitrogens with zero attached hydrogens (tertiary/aromatic N) is 1. The predicted octanol–water partition coefficient (Wildman–Crippen LogP) is 3.35. The molecule has 2 N–H and O–H groups in total. The van der Waals surface area contributed by atoms with Crippen molar-refractivity contribution < 1.29 is 0 Å². The second-order valence-corrected chi connectivity index (χ2v) is 5.60. The molecular weight excluding hydrogens is 220 g/mol. The van der Waals surface area contributed by atoms with Crippen LogP contribution in [-0.2, 0) is 6.42 Å². The van der Waals surface area contributed by atoms with E-state index in [4.69, 9.17) is 5.73 Å². The lowest BCUT2D eigenvalue weighted by Gasteiger charge is -2.38. The van der Waals surface area contributed by atoms with Crippen LogP contribution in [0.3, 0.4) is 0 Å². The lowest BCUT2D eigenvalue weighted by molar-refractivity contribution is 0.430. The molecule has 0 aliphatic carbocycles. The smallest absolute Gasteiger partial charge is 0.0368 e. The SMILES string of the molecule is CCCCc1ccc(N2CCC(N)CC2C)cc1. The van der Waals surface area contributed by atoms with Crippen LogP contribution in [0, 0.1) is 0 Å². The number of unbranched alkanes of at least 4 members (excludes halogenated alkanes) is 1. The van der Waals surface area contributed by atoms with Crippen molar-refractivity contribution in [3.8, 4) is 0 Å². The molecule has 1 aromatic rings. The molecule has 1 fully saturated rings. The molecule has 1 aliphatic rings. The fraction of sp³-hybridized carbons (Fsp3) is 0.625. The molecule has 100 valence electrons. The molecule has 1 saturated heterocycles. The van der Waals surface area contributed by atoms with Crippen LogP contribution >= 0.6 is 0 Å². The predicted molar refractivity (Wildman–Crippen MR) is 79.1 cm³/mol. The third-order valence-corrected chi connectivity index (χ3v) is 4.00. The highest BCUT2D eigenvalue weighted by Crippen LogP contribution is 2.24. The van der Waals surface area contributed by atoms with E-state index in [2.05, 4.69) is 43.0 Å². The summed E-state index contributed by atoms with van der Waals surface area (Å²) in [7, 11) is 0. The summed E-state index contributed by atoms with van der Waals surface area (Å²) in [5.74, 6) is 0. The van der Waals surface area contributed by atoms with Crippen LogP contribution in [0.2, 0.25) is 0 Å². The van der Waals surface area contributed by atoms with Crippen LogP contribution < -0.4 is 10.6 Å². The molecule has 2 atom stereocenters. The van der Waals surface area contributed by atoms with Crippen LogP contribution in [0.25, 0.3) is 0 Å². The normalized spacial score (nSPS) is 24.3. The van der Waals surface area contributed by atoms with E-state index in [1.54, 1.807) is 0 Å². The van der Waals surface area contributed by atoms with E-state index in [0.717, 1.165) is 19.4 Å². The van der Waals surface area contributed by atoms with Crippen molar-refractivity contribution in [2.45, 2.75) is 58.0 Å². The zero-order valence-corrected chi connectivity index (χ0v) is 11.7. The van der Waals surface area contributed by atoms with E-state index in [0.29, 0.717) is 12.1 Å². The van der Waals surface area contributed by atoms with E-state index < -0.39 is 0 Å². The van der Waals surface area contributed by atoms with Crippen molar-refractivity contribution in [2.75, 3.05) is 11.4 Å². The molecule has 0 bridgehead atoms. The van der Waals surface area contributed by atoms with Gasteiger partial charge in [-0.15, -0.1) is 0 Å². The van der Waals surface area contributed by atoms with E-state index in [1.165, 1.54) is 30.5 Å². The van der Waals surface area contributed by atoms with E-state index >= 15 is 0 Å². The molecule has 2 unspecified atom stereocenters. The third kappa shape index (κ3) is 3.26. The van der Waals surface area contributed by atoms with Gasteiger partial charge in [0.2, 0.25) is 0 Å². The second kappa shape index (κ2) is 6.24. The summed E-state index contributed by atoms with van der Waals surface area (Å²) >= 11 is 0. The van der Waals surface area contributed by atoms with E-state index in [1.807, 2.05) is 0 Å². The molecule has 0 radical (unpaired) electrons. The molecule has 1 aliphatic heterocycles. The number of aryl methyl sites for hydroxylation is 1. The summed E-state index contributed by atoms with van der Waals surface area (Å²) in [4.78, 5) is 2.49. The van der Waals surface area contributed by atoms with Crippen molar-refractivity contribution in [3.63, 3.8) is 0 Å². The Morgan fingerprint density at radius 2 is 2.00 bits per heavy atom. The van der Waals surface area contributed by atoms with Crippen LogP contribution in [0.4, 0.5) is 5.69 Å². The number of hydrogen-bond donors (Lipinski definition) is 1. The number of piperidine rings is 1. The average Bonchev–Trinajstić information content (AvgIpc) is 2.37. The van der Waals surface area contributed by atoms with Crippen molar-refractivity contribution >= 4 is 5.69 Å². The fourth-order valence-electron chi connectivity index (χ4n) is 2.83. The van der Waals surface area contributed by atoms with Gasteiger partial charge in [0, 0.05) is 24.3 Å². The number of rotatable bonds is 4. The summed E-state index contributed by atoms with van der Waals surface area (Å²) in [5, 5.41) is 0. The van der Waals surface area contributed by atoms with Crippen LogP contribution in [-0.4, -0.2) is 18.6 Å². The van der Waals surface area contributed by atoms with Gasteiger partial charge < -0.3 is 10.6 Å². The molecule has 0 spiro atoms. The maximum Gasteiger partial charge on any atom is 0.0368 e. The lowest BCUT2D eigenvalue weighted by atomic mass is 9.98. The first kappa shape index (κ1) is 13.4. The summed E-state index contributed by atoms with van der Waals surface area (Å²) in [6, 6.07) is 10.1. The largest absolute Gasteiger partial charge is 0.369 e. The van der Waals surface area contributed by atoms with Crippen LogP contribution in [0.1, 0.15) is 45.1 Å². The first-order valence-electron chi connectivity index (χ1n) is 7.32. The molecule has 2 heteroatoms. The highest BCUT2D eigenvalue weighted by Gasteiger charge is 2.22. The standard InChI is InChI=1S/C16H26N2/c1-3-4-5-14-6-8-16(9-7-14)18-11-10-15(17)12-13(18)2/h6-9,13,15H,3-5,10-12,17H2,1-2H3. The summed E-state index contributed by atoms with van der Waals surface area (Å²) in [5.41, 5.74) is 8.83. The van der Waals surface area contributed by atoms with Crippen molar-refractivity contribution in [3.05, 3.63) is 29.8 Å². The van der Waals surface area contributed by atoms with Gasteiger partial charge in [0.15, 0.2) is 0 Å². The maximum absolute atomic E-state index is 6.02. The Kier molecular flexibility index (Phi) is 4.65. The zero-order valence-electron chi connectivity index (χ0n) is 11.7. The molecular formula is C16H26N2. The van der Waals surface area contributed by atoms with Crippen molar-refractivity contribution in [1.82, 2.24) is 0 Å². The van der Waals surface area contributed by atoms with Gasteiger partial charge in [-0.1, -0.05) is 25.5 Å². The highest BCUT2D eigenvalue weighted by atomic mass is 15.2. The van der Waals surface area contributed by atoms with Gasteiger partial charge in [-0.3, -0.25) is 0 Å². The molecule has 2 rings (SSSR count). The Balaban J connectivity index is 2.00. The first-order valence-corrected chi connectivity index (χ1v) is 7.32. The number of benzene rings is 1. The molecule has 1 aromatic carbocycles. The number of anilines is 1. The topological polar surface area (TPSA) is 29.3 Å². The van der Waals surface area contributed by atoms with E-state index in [9.17, 15) is 0 Å². The Morgan fingerprint density at radius 1 is 1.28 bits per heavy atom. The fourth-order valence-corrected chi connectivity index (χ4v) is 2.83. The zero-order chi connectivity index (χ0) is 13.0. The Bertz CT molecular complexity index is 358. The average molecular weight is 246 g/mol. The highest BCUT2D eigenvalue weighted by molar-refractivity contribution is 5.49. The van der Waals surface area contributed by atoms with Gasteiger partial charge >= 0.3 is 0 Å². The lowest BCUT2D eigenvalue weighted by Crippen LogP contribution is -2.45. The Morgan fingerprint density at radius 3 is 2.61 bits per heavy atom. The minimum Gasteiger partial charge on any atom is -0.369 e. The van der Waals surface area contributed by atoms with Crippen molar-refractivity contribution in [1.29, 1.82) is 0 Å². The summed E-state index contributed by atoms with van der Waals surface area (Å²) in [6.45, 7) is 5.62. The minimum absolute atomic E-state index is 0.389. The number of nitrogens with two attached hydrogens (primary N) is 1. The Hall–Kier alpha value is -1.02. The summed E-state index contributed by atoms with van der Waals surface area (Å²) < 4.78 is 0. The van der Waals surface area contributed by atoms with Gasteiger partial charge in [-0.25, -0.2) is 0 Å². The van der Waals surface area contributed by atoms with Crippen LogP contribution in [0.15, 0.2) is 24.3 Å². The van der Waals surface area contributed by atoms with Gasteiger partial charge in [-0.2, -0.15) is 0 Å². The van der Waals surface area contributed by atoms with E-state index in [-0.39, 0.29) is 0 Å². The Labute approximate surface area is 111 Å². The first-order chi connectivity index (χ1) is 8.70. The summed E-state index contributed by atoms with van der Waals surface area (Å²) in [6.07, 6.45) is 5.98. The number of hydrogen-bond acceptors (Lipinski definition) is 2. The molecule has 0 amide bonds. The molecule has 18 heavy (non-hydrogen) atoms. The quantitative estimate of drug-likeness (QED) is 0.883. The monoisotopic (exact) mass is 246 g/mol. The maximum atomic E-state index is 6.02. The third-order valence-electron chi connectivity index (χ3n) is 4.00. The van der Waals surface area contributed by atoms with Crippen LogP contribution in [0.5, 0.6) is 0 Å². The molecule has 0 saturated carbocycles. The van der Waals surface area contributed by atoms with Gasteiger partial charge in [-0.05, 0) is 50.3 Å². The second-order valence-electron chi connectivity index (χ2n) is 5.60. The van der Waals surface area contributed by atoms with Gasteiger partial charge in [0.1, 0.15) is 0 Å². The van der Waals surface area contributed by atoms with Gasteiger partial charge in [0.25, 0.3) is 0 Å². The van der Waals surface area contributed by atoms with Crippen molar-refractivity contribution in [2.24, 2.45) is 5.73 Å².